The monoisotopic (exact) mass is 221 g/mol. The topological polar surface area (TPSA) is 38.3 Å². The molecule has 0 aliphatic rings. The molecule has 0 aliphatic heterocycles. The van der Waals surface area contributed by atoms with Gasteiger partial charge in [-0.3, -0.25) is 4.79 Å². The number of hydrogen-bond donors (Lipinski definition) is 1. The molecule has 0 fully saturated rings. The van der Waals surface area contributed by atoms with Crippen molar-refractivity contribution in [3.8, 4) is 0 Å². The highest BCUT2D eigenvalue weighted by molar-refractivity contribution is 5.75. The third-order valence-corrected chi connectivity index (χ3v) is 2.47. The van der Waals surface area contributed by atoms with E-state index in [1.54, 1.807) is 0 Å². The van der Waals surface area contributed by atoms with E-state index >= 15 is 0 Å². The van der Waals surface area contributed by atoms with Gasteiger partial charge in [0, 0.05) is 5.69 Å². The lowest BCUT2D eigenvalue weighted by Crippen LogP contribution is -2.25. The van der Waals surface area contributed by atoms with Gasteiger partial charge in [-0.15, -0.1) is 0 Å². The van der Waals surface area contributed by atoms with Gasteiger partial charge >= 0.3 is 5.97 Å². The number of esters is 1. The minimum Gasteiger partial charge on any atom is -0.461 e. The SMILES string of the molecule is CC(C)C(C)OC(=O)CNc1ccccc1. The Labute approximate surface area is 96.8 Å². The number of rotatable bonds is 5. The number of hydrogen-bond acceptors (Lipinski definition) is 3. The van der Waals surface area contributed by atoms with E-state index in [1.165, 1.54) is 0 Å². The van der Waals surface area contributed by atoms with Gasteiger partial charge < -0.3 is 10.1 Å². The fourth-order valence-corrected chi connectivity index (χ4v) is 1.12. The van der Waals surface area contributed by atoms with E-state index in [9.17, 15) is 4.79 Å². The molecule has 1 atom stereocenters. The Kier molecular flexibility index (Phi) is 4.83. The first-order valence-corrected chi connectivity index (χ1v) is 5.58. The Morgan fingerprint density at radius 3 is 2.44 bits per heavy atom. The van der Waals surface area contributed by atoms with Crippen LogP contribution < -0.4 is 5.32 Å². The van der Waals surface area contributed by atoms with Crippen LogP contribution in [0.25, 0.3) is 0 Å². The molecular formula is C13H19NO2. The maximum absolute atomic E-state index is 11.4. The van der Waals surface area contributed by atoms with Gasteiger partial charge in [0.2, 0.25) is 0 Å². The summed E-state index contributed by atoms with van der Waals surface area (Å²) in [4.78, 5) is 11.4. The zero-order chi connectivity index (χ0) is 12.0. The summed E-state index contributed by atoms with van der Waals surface area (Å²) in [6.45, 7) is 6.18. The number of carbonyl (C=O) groups excluding carboxylic acids is 1. The molecule has 0 aliphatic carbocycles. The maximum atomic E-state index is 11.4. The average molecular weight is 221 g/mol. The number of ether oxygens (including phenoxy) is 1. The Balaban J connectivity index is 2.31. The lowest BCUT2D eigenvalue weighted by molar-refractivity contribution is -0.147. The van der Waals surface area contributed by atoms with Crippen LogP contribution in [0.3, 0.4) is 0 Å². The van der Waals surface area contributed by atoms with E-state index in [0.717, 1.165) is 5.69 Å². The normalized spacial score (nSPS) is 12.2. The molecule has 3 heteroatoms. The molecule has 3 nitrogen and oxygen atoms in total. The summed E-state index contributed by atoms with van der Waals surface area (Å²) in [6, 6.07) is 9.61. The van der Waals surface area contributed by atoms with Crippen molar-refractivity contribution in [1.82, 2.24) is 0 Å². The largest absolute Gasteiger partial charge is 0.461 e. The van der Waals surface area contributed by atoms with Gasteiger partial charge in [-0.2, -0.15) is 0 Å². The van der Waals surface area contributed by atoms with Crippen molar-refractivity contribution in [3.05, 3.63) is 30.3 Å². The van der Waals surface area contributed by atoms with E-state index < -0.39 is 0 Å². The second kappa shape index (κ2) is 6.16. The summed E-state index contributed by atoms with van der Waals surface area (Å²) in [7, 11) is 0. The van der Waals surface area contributed by atoms with Crippen LogP contribution in [-0.2, 0) is 9.53 Å². The van der Waals surface area contributed by atoms with Crippen molar-refractivity contribution in [2.24, 2.45) is 5.92 Å². The van der Waals surface area contributed by atoms with Gasteiger partial charge in [0.25, 0.3) is 0 Å². The molecule has 1 rings (SSSR count). The summed E-state index contributed by atoms with van der Waals surface area (Å²) in [5.41, 5.74) is 0.927. The molecule has 16 heavy (non-hydrogen) atoms. The third-order valence-electron chi connectivity index (χ3n) is 2.47. The highest BCUT2D eigenvalue weighted by atomic mass is 16.5. The van der Waals surface area contributed by atoms with Gasteiger partial charge in [0.05, 0.1) is 0 Å². The van der Waals surface area contributed by atoms with Crippen molar-refractivity contribution >= 4 is 11.7 Å². The lowest BCUT2D eigenvalue weighted by atomic mass is 10.1. The predicted molar refractivity (Wildman–Crippen MR) is 65.3 cm³/mol. The van der Waals surface area contributed by atoms with Crippen molar-refractivity contribution in [2.45, 2.75) is 26.9 Å². The van der Waals surface area contributed by atoms with Gasteiger partial charge in [-0.1, -0.05) is 32.0 Å². The average Bonchev–Trinajstić information content (AvgIpc) is 2.27. The summed E-state index contributed by atoms with van der Waals surface area (Å²) in [5, 5.41) is 3.01. The van der Waals surface area contributed by atoms with Gasteiger partial charge in [-0.25, -0.2) is 0 Å². The zero-order valence-corrected chi connectivity index (χ0v) is 10.1. The standard InChI is InChI=1S/C13H19NO2/c1-10(2)11(3)16-13(15)9-14-12-7-5-4-6-8-12/h4-8,10-11,14H,9H2,1-3H3. The van der Waals surface area contributed by atoms with Gasteiger partial charge in [0.15, 0.2) is 0 Å². The minimum atomic E-state index is -0.218. The Hall–Kier alpha value is -1.51. The molecule has 0 bridgehead atoms. The molecule has 88 valence electrons. The molecule has 0 saturated carbocycles. The number of para-hydroxylation sites is 1. The summed E-state index contributed by atoms with van der Waals surface area (Å²) >= 11 is 0. The molecule has 0 radical (unpaired) electrons. The molecular weight excluding hydrogens is 202 g/mol. The summed E-state index contributed by atoms with van der Waals surface area (Å²) in [5.74, 6) is 0.130. The Morgan fingerprint density at radius 2 is 1.88 bits per heavy atom. The van der Waals surface area contributed by atoms with E-state index in [4.69, 9.17) is 4.74 Å². The van der Waals surface area contributed by atoms with E-state index in [-0.39, 0.29) is 18.6 Å². The molecule has 1 N–H and O–H groups in total. The minimum absolute atomic E-state index is 0.0370. The second-order valence-corrected chi connectivity index (χ2v) is 4.16. The van der Waals surface area contributed by atoms with Crippen LogP contribution in [0.2, 0.25) is 0 Å². The number of carbonyl (C=O) groups is 1. The molecule has 0 spiro atoms. The Morgan fingerprint density at radius 1 is 1.25 bits per heavy atom. The second-order valence-electron chi connectivity index (χ2n) is 4.16. The molecule has 0 saturated heterocycles. The van der Waals surface area contributed by atoms with Crippen molar-refractivity contribution in [3.63, 3.8) is 0 Å². The van der Waals surface area contributed by atoms with Crippen LogP contribution in [0, 0.1) is 5.92 Å². The molecule has 0 aromatic heterocycles. The summed E-state index contributed by atoms with van der Waals surface area (Å²) < 4.78 is 5.23. The molecule has 1 aromatic rings. The van der Waals surface area contributed by atoms with Crippen LogP contribution in [0.4, 0.5) is 5.69 Å². The van der Waals surface area contributed by atoms with Crippen molar-refractivity contribution in [2.75, 3.05) is 11.9 Å². The van der Waals surface area contributed by atoms with Gasteiger partial charge in [0.1, 0.15) is 12.6 Å². The highest BCUT2D eigenvalue weighted by Gasteiger charge is 2.12. The first-order chi connectivity index (χ1) is 7.59. The van der Waals surface area contributed by atoms with Gasteiger partial charge in [-0.05, 0) is 25.0 Å². The number of nitrogens with one attached hydrogen (secondary N) is 1. The predicted octanol–water partition coefficient (Wildman–Crippen LogP) is 2.69. The molecule has 1 unspecified atom stereocenters. The summed E-state index contributed by atoms with van der Waals surface area (Å²) in [6.07, 6.45) is -0.0370. The van der Waals surface area contributed by atoms with E-state index in [1.807, 2.05) is 51.1 Å². The first-order valence-electron chi connectivity index (χ1n) is 5.58. The molecule has 0 heterocycles. The molecule has 1 aromatic carbocycles. The van der Waals surface area contributed by atoms with Crippen LogP contribution >= 0.6 is 0 Å². The third kappa shape index (κ3) is 4.34. The Bertz CT molecular complexity index is 322. The van der Waals surface area contributed by atoms with E-state index in [2.05, 4.69) is 5.32 Å². The van der Waals surface area contributed by atoms with Crippen LogP contribution in [0.1, 0.15) is 20.8 Å². The lowest BCUT2D eigenvalue weighted by Gasteiger charge is -2.16. The van der Waals surface area contributed by atoms with Crippen LogP contribution in [0.15, 0.2) is 30.3 Å². The number of benzene rings is 1. The smallest absolute Gasteiger partial charge is 0.325 e. The highest BCUT2D eigenvalue weighted by Crippen LogP contribution is 2.07. The first kappa shape index (κ1) is 12.6. The fraction of sp³-hybridized carbons (Fsp3) is 0.462. The van der Waals surface area contributed by atoms with Crippen molar-refractivity contribution in [1.29, 1.82) is 0 Å². The van der Waals surface area contributed by atoms with E-state index in [0.29, 0.717) is 5.92 Å². The fourth-order valence-electron chi connectivity index (χ4n) is 1.12. The molecule has 0 amide bonds. The van der Waals surface area contributed by atoms with Crippen LogP contribution in [0.5, 0.6) is 0 Å². The maximum Gasteiger partial charge on any atom is 0.325 e. The zero-order valence-electron chi connectivity index (χ0n) is 10.1. The quantitative estimate of drug-likeness (QED) is 0.777. The van der Waals surface area contributed by atoms with Crippen LogP contribution in [-0.4, -0.2) is 18.6 Å². The number of anilines is 1. The van der Waals surface area contributed by atoms with Crippen molar-refractivity contribution < 1.29 is 9.53 Å².